The first-order valence-corrected chi connectivity index (χ1v) is 5.37. The van der Waals surface area contributed by atoms with E-state index in [-0.39, 0.29) is 6.42 Å². The Morgan fingerprint density at radius 2 is 2.00 bits per heavy atom. The molecule has 2 aromatic rings. The maximum atomic E-state index is 10.6. The quantitative estimate of drug-likeness (QED) is 0.877. The van der Waals surface area contributed by atoms with Crippen LogP contribution >= 0.6 is 0 Å². The van der Waals surface area contributed by atoms with Gasteiger partial charge in [-0.05, 0) is 6.92 Å². The van der Waals surface area contributed by atoms with Gasteiger partial charge in [-0.2, -0.15) is 0 Å². The van der Waals surface area contributed by atoms with Gasteiger partial charge in [0.05, 0.1) is 12.1 Å². The molecule has 0 radical (unpaired) electrons. The monoisotopic (exact) mass is 230 g/mol. The van der Waals surface area contributed by atoms with Crippen LogP contribution in [-0.2, 0) is 18.3 Å². The van der Waals surface area contributed by atoms with E-state index in [2.05, 4.69) is 4.98 Å². The molecule has 1 heterocycles. The zero-order valence-electron chi connectivity index (χ0n) is 9.84. The zero-order chi connectivity index (χ0) is 12.4. The van der Waals surface area contributed by atoms with E-state index in [9.17, 15) is 4.79 Å². The lowest BCUT2D eigenvalue weighted by Crippen LogP contribution is -1.99. The highest BCUT2D eigenvalue weighted by molar-refractivity contribution is 5.70. The molecule has 0 spiro atoms. The molecule has 0 fully saturated rings. The van der Waals surface area contributed by atoms with Gasteiger partial charge in [-0.25, -0.2) is 4.98 Å². The molecule has 1 N–H and O–H groups in total. The van der Waals surface area contributed by atoms with Crippen molar-refractivity contribution in [3.05, 3.63) is 41.7 Å². The Labute approximate surface area is 99.5 Å². The van der Waals surface area contributed by atoms with Crippen LogP contribution in [0.4, 0.5) is 0 Å². The maximum absolute atomic E-state index is 10.6. The van der Waals surface area contributed by atoms with Crippen molar-refractivity contribution < 1.29 is 9.90 Å². The maximum Gasteiger partial charge on any atom is 0.309 e. The third kappa shape index (κ3) is 2.53. The van der Waals surface area contributed by atoms with Crippen molar-refractivity contribution in [2.24, 2.45) is 7.05 Å². The second kappa shape index (κ2) is 4.41. The predicted molar refractivity (Wildman–Crippen MR) is 64.7 cm³/mol. The minimum Gasteiger partial charge on any atom is -0.481 e. The van der Waals surface area contributed by atoms with Crippen LogP contribution in [0, 0.1) is 6.92 Å². The number of carbonyl (C=O) groups is 1. The summed E-state index contributed by atoms with van der Waals surface area (Å²) in [4.78, 5) is 15.0. The van der Waals surface area contributed by atoms with Gasteiger partial charge in [-0.3, -0.25) is 4.79 Å². The average molecular weight is 230 g/mol. The van der Waals surface area contributed by atoms with Crippen LogP contribution in [0.3, 0.4) is 0 Å². The smallest absolute Gasteiger partial charge is 0.309 e. The van der Waals surface area contributed by atoms with Crippen molar-refractivity contribution in [3.63, 3.8) is 0 Å². The summed E-state index contributed by atoms with van der Waals surface area (Å²) < 4.78 is 1.85. The molecule has 0 unspecified atom stereocenters. The number of aryl methyl sites for hydroxylation is 2. The Hall–Kier alpha value is -2.10. The molecule has 0 aliphatic carbocycles. The summed E-state index contributed by atoms with van der Waals surface area (Å²) in [5, 5.41) is 8.72. The average Bonchev–Trinajstić information content (AvgIpc) is 2.59. The van der Waals surface area contributed by atoms with Crippen LogP contribution in [0.2, 0.25) is 0 Å². The second-order valence-electron chi connectivity index (χ2n) is 4.10. The largest absolute Gasteiger partial charge is 0.481 e. The number of aliphatic carboxylic acids is 1. The van der Waals surface area contributed by atoms with Crippen molar-refractivity contribution in [1.82, 2.24) is 9.55 Å². The number of nitrogens with zero attached hydrogens (tertiary/aromatic N) is 2. The molecule has 4 heteroatoms. The molecule has 88 valence electrons. The predicted octanol–water partition coefficient (Wildman–Crippen LogP) is 2.02. The first-order chi connectivity index (χ1) is 8.06. The van der Waals surface area contributed by atoms with Crippen LogP contribution in [0.5, 0.6) is 0 Å². The minimum absolute atomic E-state index is 0.0420. The number of imidazole rings is 1. The molecule has 4 nitrogen and oxygen atoms in total. The highest BCUT2D eigenvalue weighted by atomic mass is 16.4. The van der Waals surface area contributed by atoms with Crippen LogP contribution < -0.4 is 0 Å². The molecule has 0 atom stereocenters. The molecular formula is C13H14N2O2. The second-order valence-corrected chi connectivity index (χ2v) is 4.10. The number of carboxylic acid groups (broad SMARTS) is 1. The van der Waals surface area contributed by atoms with Crippen LogP contribution in [0.1, 0.15) is 11.3 Å². The topological polar surface area (TPSA) is 55.1 Å². The molecule has 1 aromatic heterocycles. The molecule has 0 aliphatic heterocycles. The van der Waals surface area contributed by atoms with Gasteiger partial charge in [0.2, 0.25) is 0 Å². The fourth-order valence-corrected chi connectivity index (χ4v) is 1.74. The molecule has 0 amide bonds. The highest BCUT2D eigenvalue weighted by Crippen LogP contribution is 2.18. The normalized spacial score (nSPS) is 10.5. The van der Waals surface area contributed by atoms with E-state index in [4.69, 9.17) is 5.11 Å². The number of carboxylic acids is 1. The molecule has 0 bridgehead atoms. The summed E-state index contributed by atoms with van der Waals surface area (Å²) in [5.41, 5.74) is 2.76. The van der Waals surface area contributed by atoms with Gasteiger partial charge in [0.1, 0.15) is 5.82 Å². The van der Waals surface area contributed by atoms with Crippen molar-refractivity contribution >= 4 is 5.97 Å². The summed E-state index contributed by atoms with van der Waals surface area (Å²) in [5.74, 6) is -0.0696. The van der Waals surface area contributed by atoms with Crippen molar-refractivity contribution in [2.75, 3.05) is 0 Å². The Morgan fingerprint density at radius 3 is 2.59 bits per heavy atom. The lowest BCUT2D eigenvalue weighted by atomic mass is 10.1. The summed E-state index contributed by atoms with van der Waals surface area (Å²) in [6.45, 7) is 2.03. The molecule has 0 saturated heterocycles. The van der Waals surface area contributed by atoms with E-state index >= 15 is 0 Å². The molecule has 1 aromatic carbocycles. The van der Waals surface area contributed by atoms with Crippen LogP contribution in [0.25, 0.3) is 11.4 Å². The molecule has 17 heavy (non-hydrogen) atoms. The number of benzene rings is 1. The van der Waals surface area contributed by atoms with E-state index in [1.54, 1.807) is 6.20 Å². The van der Waals surface area contributed by atoms with Gasteiger partial charge in [0.25, 0.3) is 0 Å². The van der Waals surface area contributed by atoms with Crippen LogP contribution in [-0.4, -0.2) is 20.6 Å². The Kier molecular flexibility index (Phi) is 2.95. The fraction of sp³-hybridized carbons (Fsp3) is 0.231. The summed E-state index contributed by atoms with van der Waals surface area (Å²) in [6, 6.07) is 8.01. The van der Waals surface area contributed by atoms with E-state index < -0.39 is 5.97 Å². The Balaban J connectivity index is 2.35. The lowest BCUT2D eigenvalue weighted by molar-refractivity contribution is -0.136. The van der Waals surface area contributed by atoms with Crippen molar-refractivity contribution in [1.29, 1.82) is 0 Å². The fourth-order valence-electron chi connectivity index (χ4n) is 1.74. The van der Waals surface area contributed by atoms with E-state index in [1.807, 2.05) is 42.8 Å². The van der Waals surface area contributed by atoms with E-state index in [0.29, 0.717) is 5.69 Å². The first kappa shape index (κ1) is 11.4. The molecule has 2 rings (SSSR count). The highest BCUT2D eigenvalue weighted by Gasteiger charge is 2.09. The number of aromatic nitrogens is 2. The Morgan fingerprint density at radius 1 is 1.35 bits per heavy atom. The number of rotatable bonds is 3. The van der Waals surface area contributed by atoms with E-state index in [1.165, 1.54) is 5.56 Å². The first-order valence-electron chi connectivity index (χ1n) is 5.37. The summed E-state index contributed by atoms with van der Waals surface area (Å²) >= 11 is 0. The molecule has 0 saturated carbocycles. The molecular weight excluding hydrogens is 216 g/mol. The summed E-state index contributed by atoms with van der Waals surface area (Å²) in [6.07, 6.45) is 1.71. The van der Waals surface area contributed by atoms with E-state index in [0.717, 1.165) is 11.4 Å². The van der Waals surface area contributed by atoms with Gasteiger partial charge >= 0.3 is 5.97 Å². The SMILES string of the molecule is Cc1ccc(-c2nc(CC(=O)O)cn2C)cc1. The Bertz CT molecular complexity index is 541. The van der Waals surface area contributed by atoms with Crippen LogP contribution in [0.15, 0.2) is 30.5 Å². The lowest BCUT2D eigenvalue weighted by Gasteiger charge is -2.01. The number of hydrogen-bond donors (Lipinski definition) is 1. The van der Waals surface area contributed by atoms with Crippen molar-refractivity contribution in [2.45, 2.75) is 13.3 Å². The van der Waals surface area contributed by atoms with Gasteiger partial charge < -0.3 is 9.67 Å². The standard InChI is InChI=1S/C13H14N2O2/c1-9-3-5-10(6-4-9)13-14-11(7-12(16)17)8-15(13)2/h3-6,8H,7H2,1-2H3,(H,16,17). The number of hydrogen-bond acceptors (Lipinski definition) is 2. The molecule has 0 aliphatic rings. The van der Waals surface area contributed by atoms with Crippen molar-refractivity contribution in [3.8, 4) is 11.4 Å². The summed E-state index contributed by atoms with van der Waals surface area (Å²) in [7, 11) is 1.87. The van der Waals surface area contributed by atoms with Gasteiger partial charge in [0.15, 0.2) is 0 Å². The van der Waals surface area contributed by atoms with Gasteiger partial charge in [-0.1, -0.05) is 29.8 Å². The zero-order valence-corrected chi connectivity index (χ0v) is 9.84. The van der Waals surface area contributed by atoms with Gasteiger partial charge in [0, 0.05) is 18.8 Å². The third-order valence-corrected chi connectivity index (χ3v) is 2.57. The minimum atomic E-state index is -0.862. The third-order valence-electron chi connectivity index (χ3n) is 2.57. The van der Waals surface area contributed by atoms with Gasteiger partial charge in [-0.15, -0.1) is 0 Å².